The summed E-state index contributed by atoms with van der Waals surface area (Å²) in [4.78, 5) is 0. The molecule has 0 atom stereocenters. The summed E-state index contributed by atoms with van der Waals surface area (Å²) in [6.07, 6.45) is 2.07. The SMILES string of the molecule is Oc1c(O)c(O)c2c(c1O)CCC2. The Kier molecular flexibility index (Phi) is 1.52. The van der Waals surface area contributed by atoms with Crippen LogP contribution in [0.25, 0.3) is 0 Å². The number of rotatable bonds is 0. The van der Waals surface area contributed by atoms with Crippen LogP contribution in [0.3, 0.4) is 0 Å². The fourth-order valence-electron chi connectivity index (χ4n) is 1.78. The van der Waals surface area contributed by atoms with E-state index < -0.39 is 11.5 Å². The molecular formula is C9H10O4. The van der Waals surface area contributed by atoms with Gasteiger partial charge < -0.3 is 20.4 Å². The molecule has 2 rings (SSSR count). The molecule has 0 aliphatic heterocycles. The summed E-state index contributed by atoms with van der Waals surface area (Å²) in [5.41, 5.74) is 1.10. The molecular weight excluding hydrogens is 172 g/mol. The lowest BCUT2D eigenvalue weighted by molar-refractivity contribution is 0.342. The summed E-state index contributed by atoms with van der Waals surface area (Å²) in [5, 5.41) is 37.2. The van der Waals surface area contributed by atoms with E-state index in [4.69, 9.17) is 0 Å². The number of benzene rings is 1. The number of hydrogen-bond donors (Lipinski definition) is 4. The van der Waals surface area contributed by atoms with Crippen LogP contribution in [-0.2, 0) is 12.8 Å². The van der Waals surface area contributed by atoms with E-state index in [2.05, 4.69) is 0 Å². The fourth-order valence-corrected chi connectivity index (χ4v) is 1.78. The minimum absolute atomic E-state index is 0.303. The topological polar surface area (TPSA) is 80.9 Å². The Balaban J connectivity index is 2.77. The molecule has 0 saturated carbocycles. The van der Waals surface area contributed by atoms with Gasteiger partial charge in [0.25, 0.3) is 0 Å². The maximum atomic E-state index is 9.40. The van der Waals surface area contributed by atoms with Crippen molar-refractivity contribution in [3.05, 3.63) is 11.1 Å². The number of fused-ring (bicyclic) bond motifs is 1. The van der Waals surface area contributed by atoms with Crippen molar-refractivity contribution >= 4 is 0 Å². The third-order valence-corrected chi connectivity index (χ3v) is 2.46. The zero-order valence-electron chi connectivity index (χ0n) is 6.91. The Bertz CT molecular complexity index is 336. The van der Waals surface area contributed by atoms with Crippen LogP contribution < -0.4 is 0 Å². The van der Waals surface area contributed by atoms with Gasteiger partial charge in [-0.2, -0.15) is 0 Å². The normalized spacial score (nSPS) is 14.5. The Morgan fingerprint density at radius 3 is 1.38 bits per heavy atom. The van der Waals surface area contributed by atoms with E-state index in [1.54, 1.807) is 0 Å². The molecule has 0 amide bonds. The van der Waals surface area contributed by atoms with E-state index in [9.17, 15) is 20.4 Å². The summed E-state index contributed by atoms with van der Waals surface area (Å²) in [6, 6.07) is 0. The molecule has 1 aliphatic carbocycles. The minimum Gasteiger partial charge on any atom is -0.504 e. The maximum absolute atomic E-state index is 9.40. The largest absolute Gasteiger partial charge is 0.504 e. The average Bonchev–Trinajstić information content (AvgIpc) is 2.59. The van der Waals surface area contributed by atoms with Gasteiger partial charge in [0, 0.05) is 11.1 Å². The molecule has 1 aliphatic rings. The second kappa shape index (κ2) is 2.45. The van der Waals surface area contributed by atoms with Gasteiger partial charge >= 0.3 is 0 Å². The zero-order chi connectivity index (χ0) is 9.59. The van der Waals surface area contributed by atoms with Crippen molar-refractivity contribution < 1.29 is 20.4 Å². The molecule has 4 heteroatoms. The Morgan fingerprint density at radius 1 is 0.615 bits per heavy atom. The highest BCUT2D eigenvalue weighted by Gasteiger charge is 2.25. The highest BCUT2D eigenvalue weighted by molar-refractivity contribution is 5.65. The second-order valence-corrected chi connectivity index (χ2v) is 3.21. The first-order valence-electron chi connectivity index (χ1n) is 4.10. The third-order valence-electron chi connectivity index (χ3n) is 2.46. The van der Waals surface area contributed by atoms with Crippen molar-refractivity contribution in [1.29, 1.82) is 0 Å². The van der Waals surface area contributed by atoms with Gasteiger partial charge in [-0.3, -0.25) is 0 Å². The van der Waals surface area contributed by atoms with Gasteiger partial charge in [0.15, 0.2) is 11.5 Å². The van der Waals surface area contributed by atoms with Crippen LogP contribution >= 0.6 is 0 Å². The molecule has 0 fully saturated rings. The fraction of sp³-hybridized carbons (Fsp3) is 0.333. The predicted octanol–water partition coefficient (Wildman–Crippen LogP) is 0.998. The molecule has 1 aromatic carbocycles. The highest BCUT2D eigenvalue weighted by Crippen LogP contribution is 2.49. The monoisotopic (exact) mass is 182 g/mol. The minimum atomic E-state index is -0.627. The van der Waals surface area contributed by atoms with E-state index in [0.29, 0.717) is 24.0 Å². The third kappa shape index (κ3) is 0.915. The summed E-state index contributed by atoms with van der Waals surface area (Å²) >= 11 is 0. The molecule has 0 unspecified atom stereocenters. The molecule has 0 heterocycles. The van der Waals surface area contributed by atoms with Crippen molar-refractivity contribution in [1.82, 2.24) is 0 Å². The highest BCUT2D eigenvalue weighted by atomic mass is 16.3. The van der Waals surface area contributed by atoms with E-state index >= 15 is 0 Å². The van der Waals surface area contributed by atoms with E-state index in [1.807, 2.05) is 0 Å². The molecule has 13 heavy (non-hydrogen) atoms. The van der Waals surface area contributed by atoms with Gasteiger partial charge in [0.1, 0.15) is 0 Å². The lowest BCUT2D eigenvalue weighted by Gasteiger charge is -2.09. The molecule has 4 N–H and O–H groups in total. The molecule has 0 spiro atoms. The predicted molar refractivity (Wildman–Crippen MR) is 45.1 cm³/mol. The first kappa shape index (κ1) is 8.04. The second-order valence-electron chi connectivity index (χ2n) is 3.21. The summed E-state index contributed by atoms with van der Waals surface area (Å²) in [5.74, 6) is -1.86. The standard InChI is InChI=1S/C9H10O4/c10-6-4-2-1-3-5(4)7(11)9(13)8(6)12/h10-13H,1-3H2. The van der Waals surface area contributed by atoms with Crippen molar-refractivity contribution in [2.45, 2.75) is 19.3 Å². The van der Waals surface area contributed by atoms with Crippen LogP contribution in [0.15, 0.2) is 0 Å². The van der Waals surface area contributed by atoms with Crippen LogP contribution in [0.2, 0.25) is 0 Å². The van der Waals surface area contributed by atoms with Gasteiger partial charge in [-0.25, -0.2) is 0 Å². The van der Waals surface area contributed by atoms with E-state index in [0.717, 1.165) is 6.42 Å². The van der Waals surface area contributed by atoms with Gasteiger partial charge in [0.2, 0.25) is 11.5 Å². The number of phenolic OH excluding ortho intramolecular Hbond substituents is 4. The van der Waals surface area contributed by atoms with Gasteiger partial charge in [0.05, 0.1) is 0 Å². The number of phenols is 4. The lowest BCUT2D eigenvalue weighted by atomic mass is 10.1. The Hall–Kier alpha value is -1.58. The van der Waals surface area contributed by atoms with Gasteiger partial charge in [-0.05, 0) is 19.3 Å². The Morgan fingerprint density at radius 2 is 1.00 bits per heavy atom. The molecule has 70 valence electrons. The zero-order valence-corrected chi connectivity index (χ0v) is 6.91. The summed E-state index contributed by atoms with van der Waals surface area (Å²) < 4.78 is 0. The number of hydrogen-bond acceptors (Lipinski definition) is 4. The van der Waals surface area contributed by atoms with Crippen molar-refractivity contribution in [3.8, 4) is 23.0 Å². The average molecular weight is 182 g/mol. The van der Waals surface area contributed by atoms with Crippen LogP contribution in [0.1, 0.15) is 17.5 Å². The van der Waals surface area contributed by atoms with Crippen molar-refractivity contribution in [3.63, 3.8) is 0 Å². The van der Waals surface area contributed by atoms with Crippen molar-refractivity contribution in [2.75, 3.05) is 0 Å². The Labute approximate surface area is 74.7 Å². The molecule has 0 aromatic heterocycles. The number of aromatic hydroxyl groups is 4. The first-order valence-corrected chi connectivity index (χ1v) is 4.10. The molecule has 0 saturated heterocycles. The molecule has 0 bridgehead atoms. The first-order chi connectivity index (χ1) is 6.13. The molecule has 0 radical (unpaired) electrons. The lowest BCUT2D eigenvalue weighted by Crippen LogP contribution is -1.86. The summed E-state index contributed by atoms with van der Waals surface area (Å²) in [6.45, 7) is 0. The van der Waals surface area contributed by atoms with Crippen LogP contribution in [0.4, 0.5) is 0 Å². The van der Waals surface area contributed by atoms with Crippen LogP contribution in [0.5, 0.6) is 23.0 Å². The van der Waals surface area contributed by atoms with Crippen LogP contribution in [0, 0.1) is 0 Å². The van der Waals surface area contributed by atoms with Crippen LogP contribution in [-0.4, -0.2) is 20.4 Å². The van der Waals surface area contributed by atoms with E-state index in [1.165, 1.54) is 0 Å². The quantitative estimate of drug-likeness (QED) is 0.356. The summed E-state index contributed by atoms with van der Waals surface area (Å²) in [7, 11) is 0. The molecule has 4 nitrogen and oxygen atoms in total. The molecule has 1 aromatic rings. The van der Waals surface area contributed by atoms with E-state index in [-0.39, 0.29) is 11.5 Å². The van der Waals surface area contributed by atoms with Crippen molar-refractivity contribution in [2.24, 2.45) is 0 Å². The van der Waals surface area contributed by atoms with Gasteiger partial charge in [-0.1, -0.05) is 0 Å². The van der Waals surface area contributed by atoms with Gasteiger partial charge in [-0.15, -0.1) is 0 Å². The maximum Gasteiger partial charge on any atom is 0.204 e. The smallest absolute Gasteiger partial charge is 0.204 e.